The summed E-state index contributed by atoms with van der Waals surface area (Å²) in [6.45, 7) is 3.62. The summed E-state index contributed by atoms with van der Waals surface area (Å²) in [6.07, 6.45) is 1.61. The Morgan fingerprint density at radius 2 is 2.24 bits per heavy atom. The first-order valence-electron chi connectivity index (χ1n) is 5.13. The van der Waals surface area contributed by atoms with Crippen molar-refractivity contribution in [1.82, 2.24) is 15.2 Å². The summed E-state index contributed by atoms with van der Waals surface area (Å²) in [5, 5.41) is 9.18. The first-order chi connectivity index (χ1) is 8.09. The fourth-order valence-electron chi connectivity index (χ4n) is 1.39. The molecule has 0 aromatic carbocycles. The number of rotatable bonds is 2. The third-order valence-corrected chi connectivity index (χ3v) is 2.45. The number of H-pyrrole nitrogens is 1. The van der Waals surface area contributed by atoms with Crippen molar-refractivity contribution in [2.45, 2.75) is 13.8 Å². The van der Waals surface area contributed by atoms with Crippen LogP contribution in [0.2, 0.25) is 0 Å². The molecule has 4 N–H and O–H groups in total. The average molecular weight is 231 g/mol. The maximum absolute atomic E-state index is 11.9. The van der Waals surface area contributed by atoms with Crippen molar-refractivity contribution < 1.29 is 4.79 Å². The van der Waals surface area contributed by atoms with Crippen molar-refractivity contribution >= 4 is 17.4 Å². The van der Waals surface area contributed by atoms with Gasteiger partial charge in [-0.05, 0) is 25.5 Å². The number of aromatic amines is 1. The van der Waals surface area contributed by atoms with Crippen LogP contribution in [0.3, 0.4) is 0 Å². The molecule has 1 amide bonds. The topological polar surface area (TPSA) is 96.7 Å². The molecule has 0 saturated heterocycles. The van der Waals surface area contributed by atoms with E-state index in [4.69, 9.17) is 5.73 Å². The number of aryl methyl sites for hydroxylation is 2. The molecular weight excluding hydrogens is 218 g/mol. The molecule has 0 unspecified atom stereocenters. The first-order valence-corrected chi connectivity index (χ1v) is 5.13. The number of nitrogens with one attached hydrogen (secondary N) is 2. The molecule has 0 aliphatic rings. The SMILES string of the molecule is Cc1cccnc1NC(=O)c1n[nH]c(C)c1N. The minimum atomic E-state index is -0.367. The largest absolute Gasteiger partial charge is 0.395 e. The molecule has 0 radical (unpaired) electrons. The predicted molar refractivity (Wildman–Crippen MR) is 64.7 cm³/mol. The van der Waals surface area contributed by atoms with Crippen molar-refractivity contribution in [2.24, 2.45) is 0 Å². The van der Waals surface area contributed by atoms with Crippen LogP contribution in [0.25, 0.3) is 0 Å². The number of nitrogens with zero attached hydrogens (tertiary/aromatic N) is 2. The molecule has 0 fully saturated rings. The van der Waals surface area contributed by atoms with Gasteiger partial charge in [0.05, 0.1) is 11.4 Å². The van der Waals surface area contributed by atoms with Crippen LogP contribution in [0.5, 0.6) is 0 Å². The number of hydrogen-bond donors (Lipinski definition) is 3. The number of anilines is 2. The van der Waals surface area contributed by atoms with Crippen molar-refractivity contribution in [1.29, 1.82) is 0 Å². The lowest BCUT2D eigenvalue weighted by Crippen LogP contribution is -2.15. The molecule has 0 bridgehead atoms. The molecule has 0 spiro atoms. The molecule has 2 aromatic rings. The highest BCUT2D eigenvalue weighted by atomic mass is 16.2. The number of carbonyl (C=O) groups excluding carboxylic acids is 1. The van der Waals surface area contributed by atoms with Crippen molar-refractivity contribution in [2.75, 3.05) is 11.1 Å². The number of amides is 1. The van der Waals surface area contributed by atoms with Crippen molar-refractivity contribution in [3.63, 3.8) is 0 Å². The third kappa shape index (κ3) is 2.10. The van der Waals surface area contributed by atoms with Crippen LogP contribution >= 0.6 is 0 Å². The van der Waals surface area contributed by atoms with Gasteiger partial charge in [0.1, 0.15) is 5.82 Å². The van der Waals surface area contributed by atoms with Gasteiger partial charge in [-0.1, -0.05) is 6.07 Å². The zero-order valence-corrected chi connectivity index (χ0v) is 9.61. The van der Waals surface area contributed by atoms with E-state index in [1.165, 1.54) is 0 Å². The summed E-state index contributed by atoms with van der Waals surface area (Å²) in [7, 11) is 0. The van der Waals surface area contributed by atoms with E-state index in [0.29, 0.717) is 17.2 Å². The number of carbonyl (C=O) groups is 1. The monoisotopic (exact) mass is 231 g/mol. The van der Waals surface area contributed by atoms with Gasteiger partial charge in [-0.25, -0.2) is 4.98 Å². The Morgan fingerprint density at radius 3 is 2.82 bits per heavy atom. The average Bonchev–Trinajstić information content (AvgIpc) is 2.63. The van der Waals surface area contributed by atoms with E-state index in [1.54, 1.807) is 19.2 Å². The van der Waals surface area contributed by atoms with Gasteiger partial charge < -0.3 is 11.1 Å². The standard InChI is InChI=1S/C11H13N5O/c1-6-4-3-5-13-10(6)14-11(17)9-8(12)7(2)15-16-9/h3-5H,12H2,1-2H3,(H,15,16)(H,13,14,17). The van der Waals surface area contributed by atoms with Gasteiger partial charge in [-0.2, -0.15) is 5.10 Å². The summed E-state index contributed by atoms with van der Waals surface area (Å²) in [5.74, 6) is 0.145. The summed E-state index contributed by atoms with van der Waals surface area (Å²) in [5.41, 5.74) is 7.82. The van der Waals surface area contributed by atoms with Crippen LogP contribution in [0.4, 0.5) is 11.5 Å². The molecule has 2 heterocycles. The van der Waals surface area contributed by atoms with E-state index in [1.807, 2.05) is 13.0 Å². The summed E-state index contributed by atoms with van der Waals surface area (Å²) in [4.78, 5) is 16.0. The molecular formula is C11H13N5O. The number of aromatic nitrogens is 3. The van der Waals surface area contributed by atoms with E-state index in [-0.39, 0.29) is 11.6 Å². The number of hydrogen-bond acceptors (Lipinski definition) is 4. The van der Waals surface area contributed by atoms with Crippen LogP contribution in [0, 0.1) is 13.8 Å². The van der Waals surface area contributed by atoms with E-state index in [0.717, 1.165) is 5.56 Å². The zero-order valence-electron chi connectivity index (χ0n) is 9.61. The van der Waals surface area contributed by atoms with E-state index < -0.39 is 0 Å². The Balaban J connectivity index is 2.23. The molecule has 2 rings (SSSR count). The van der Waals surface area contributed by atoms with Gasteiger partial charge >= 0.3 is 0 Å². The Bertz CT molecular complexity index is 561. The Morgan fingerprint density at radius 1 is 1.47 bits per heavy atom. The maximum atomic E-state index is 11.9. The lowest BCUT2D eigenvalue weighted by molar-refractivity contribution is 0.102. The van der Waals surface area contributed by atoms with E-state index >= 15 is 0 Å². The molecule has 0 atom stereocenters. The van der Waals surface area contributed by atoms with Crippen LogP contribution in [-0.4, -0.2) is 21.1 Å². The normalized spacial score (nSPS) is 10.2. The highest BCUT2D eigenvalue weighted by Gasteiger charge is 2.16. The minimum absolute atomic E-state index is 0.188. The smallest absolute Gasteiger partial charge is 0.279 e. The predicted octanol–water partition coefficient (Wildman–Crippen LogP) is 1.26. The number of nitrogen functional groups attached to an aromatic ring is 1. The van der Waals surface area contributed by atoms with Crippen LogP contribution in [0.1, 0.15) is 21.7 Å². The summed E-state index contributed by atoms with van der Waals surface area (Å²) in [6, 6.07) is 3.67. The van der Waals surface area contributed by atoms with Crippen LogP contribution < -0.4 is 11.1 Å². The number of nitrogens with two attached hydrogens (primary N) is 1. The van der Waals surface area contributed by atoms with Crippen molar-refractivity contribution in [3.8, 4) is 0 Å². The van der Waals surface area contributed by atoms with Gasteiger partial charge in [0, 0.05) is 6.20 Å². The molecule has 88 valence electrons. The van der Waals surface area contributed by atoms with E-state index in [9.17, 15) is 4.79 Å². The molecule has 0 saturated carbocycles. The second kappa shape index (κ2) is 4.25. The lowest BCUT2D eigenvalue weighted by Gasteiger charge is -2.05. The quantitative estimate of drug-likeness (QED) is 0.724. The highest BCUT2D eigenvalue weighted by Crippen LogP contribution is 2.15. The molecule has 0 aliphatic heterocycles. The fraction of sp³-hybridized carbons (Fsp3) is 0.182. The first kappa shape index (κ1) is 11.1. The molecule has 6 nitrogen and oxygen atoms in total. The van der Waals surface area contributed by atoms with Crippen molar-refractivity contribution in [3.05, 3.63) is 35.3 Å². The Labute approximate surface area is 98.3 Å². The minimum Gasteiger partial charge on any atom is -0.395 e. The van der Waals surface area contributed by atoms with Crippen LogP contribution in [0.15, 0.2) is 18.3 Å². The Kier molecular flexibility index (Phi) is 2.78. The van der Waals surface area contributed by atoms with Gasteiger partial charge in [0.25, 0.3) is 5.91 Å². The van der Waals surface area contributed by atoms with E-state index in [2.05, 4.69) is 20.5 Å². The summed E-state index contributed by atoms with van der Waals surface area (Å²) >= 11 is 0. The van der Waals surface area contributed by atoms with Gasteiger partial charge in [-0.3, -0.25) is 9.89 Å². The van der Waals surface area contributed by atoms with Gasteiger partial charge in [-0.15, -0.1) is 0 Å². The zero-order chi connectivity index (χ0) is 12.4. The molecule has 2 aromatic heterocycles. The number of pyridine rings is 1. The summed E-state index contributed by atoms with van der Waals surface area (Å²) < 4.78 is 0. The van der Waals surface area contributed by atoms with Crippen LogP contribution in [-0.2, 0) is 0 Å². The third-order valence-electron chi connectivity index (χ3n) is 2.45. The molecule has 17 heavy (non-hydrogen) atoms. The fourth-order valence-corrected chi connectivity index (χ4v) is 1.39. The molecule has 0 aliphatic carbocycles. The lowest BCUT2D eigenvalue weighted by atomic mass is 10.2. The maximum Gasteiger partial charge on any atom is 0.279 e. The van der Waals surface area contributed by atoms with Gasteiger partial charge in [0.15, 0.2) is 5.69 Å². The highest BCUT2D eigenvalue weighted by molar-refractivity contribution is 6.06. The van der Waals surface area contributed by atoms with Gasteiger partial charge in [0.2, 0.25) is 0 Å². The second-order valence-corrected chi connectivity index (χ2v) is 3.73. The Hall–Kier alpha value is -2.37. The molecule has 6 heteroatoms. The second-order valence-electron chi connectivity index (χ2n) is 3.73.